The number of fused-ring (bicyclic) bond motifs is 5. The summed E-state index contributed by atoms with van der Waals surface area (Å²) in [5, 5.41) is 1.30. The van der Waals surface area contributed by atoms with E-state index in [1.165, 1.54) is 61.6 Å². The Bertz CT molecular complexity index is 6520. The zero-order valence-electron chi connectivity index (χ0n) is 68.3. The van der Waals surface area contributed by atoms with Crippen LogP contribution in [-0.2, 0) is 68.9 Å². The highest BCUT2D eigenvalue weighted by Crippen LogP contribution is 2.41. The molecule has 9 aromatic heterocycles. The first kappa shape index (κ1) is 98.5. The average molecular weight is 1890 g/mol. The lowest BCUT2D eigenvalue weighted by atomic mass is 10.1. The molecular formula is C85H100Cl2N4O14S13. The Morgan fingerprint density at radius 2 is 0.907 bits per heavy atom. The molecule has 636 valence electrons. The summed E-state index contributed by atoms with van der Waals surface area (Å²) in [6.45, 7) is 35.2. The number of rotatable bonds is 15. The number of sulfone groups is 7. The molecule has 9 heterocycles. The largest absolute Gasteiger partial charge is 0.329 e. The van der Waals surface area contributed by atoms with E-state index in [1.54, 1.807) is 176 Å². The van der Waals surface area contributed by atoms with Crippen LogP contribution in [0.5, 0.6) is 0 Å². The van der Waals surface area contributed by atoms with Crippen molar-refractivity contribution in [1.29, 1.82) is 0 Å². The Morgan fingerprint density at radius 3 is 1.47 bits per heavy atom. The summed E-state index contributed by atoms with van der Waals surface area (Å²) in [6.07, 6.45) is 1.57. The second-order valence-electron chi connectivity index (χ2n) is 29.9. The lowest BCUT2D eigenvalue weighted by Crippen LogP contribution is -2.27. The smallest absolute Gasteiger partial charge is 0.226 e. The minimum atomic E-state index is -3.32. The molecule has 0 unspecified atom stereocenters. The minimum Gasteiger partial charge on any atom is -0.329 e. The maximum absolute atomic E-state index is 12.4. The molecule has 0 aliphatic carbocycles. The van der Waals surface area contributed by atoms with Gasteiger partial charge in [-0.2, -0.15) is 0 Å². The number of H-pyrrole nitrogens is 1. The number of nitrogens with zero attached hydrogens (tertiary/aromatic N) is 3. The van der Waals surface area contributed by atoms with Gasteiger partial charge in [-0.05, 0) is 275 Å². The number of hydrogen-bond donors (Lipinski definition) is 1. The molecule has 18 nitrogen and oxygen atoms in total. The Kier molecular flexibility index (Phi) is 33.1. The second-order valence-corrected chi connectivity index (χ2v) is 56.0. The molecular weight excluding hydrogens is 1790 g/mol. The first-order chi connectivity index (χ1) is 54.2. The monoisotopic (exact) mass is 1890 g/mol. The van der Waals surface area contributed by atoms with Crippen LogP contribution in [-0.4, -0.2) is 115 Å². The highest BCUT2D eigenvalue weighted by Gasteiger charge is 2.32. The quantitative estimate of drug-likeness (QED) is 0.0933. The fraction of sp³-hybridized carbons (Fsp3) is 0.329. The molecule has 118 heavy (non-hydrogen) atoms. The minimum absolute atomic E-state index is 0. The number of aromatic amines is 1. The van der Waals surface area contributed by atoms with E-state index in [2.05, 4.69) is 32.1 Å². The molecule has 0 spiro atoms. The number of aryl methyl sites for hydroxylation is 5. The molecule has 0 saturated carbocycles. The first-order valence-corrected chi connectivity index (χ1v) is 53.2. The van der Waals surface area contributed by atoms with Crippen molar-refractivity contribution in [2.45, 2.75) is 213 Å². The van der Waals surface area contributed by atoms with E-state index in [1.807, 2.05) is 138 Å². The Morgan fingerprint density at radius 1 is 0.398 bits per heavy atom. The number of aromatic nitrogens is 4. The van der Waals surface area contributed by atoms with Crippen LogP contribution < -0.4 is 0 Å². The van der Waals surface area contributed by atoms with Crippen LogP contribution in [0.25, 0.3) is 72.4 Å². The van der Waals surface area contributed by atoms with Crippen molar-refractivity contribution < 1.29 is 58.9 Å². The highest BCUT2D eigenvalue weighted by molar-refractivity contribution is 7.96. The molecule has 33 heteroatoms. The van der Waals surface area contributed by atoms with Crippen molar-refractivity contribution in [3.63, 3.8) is 0 Å². The average Bonchev–Trinajstić information content (AvgIpc) is 1.56. The number of nitrogens with one attached hydrogen (secondary N) is 1. The Hall–Kier alpha value is -6.66. The van der Waals surface area contributed by atoms with Crippen molar-refractivity contribution in [2.24, 2.45) is 0 Å². The molecule has 0 amide bonds. The van der Waals surface area contributed by atoms with E-state index < -0.39 is 89.4 Å². The van der Waals surface area contributed by atoms with Gasteiger partial charge in [-0.15, -0.1) is 68.0 Å². The van der Waals surface area contributed by atoms with Crippen molar-refractivity contribution in [1.82, 2.24) is 19.9 Å². The number of benzene rings is 5. The molecule has 0 radical (unpaired) electrons. The topological polar surface area (TPSA) is 293 Å². The fourth-order valence-corrected chi connectivity index (χ4v) is 28.7. The predicted molar refractivity (Wildman–Crippen MR) is 500 cm³/mol. The molecule has 0 aliphatic rings. The number of hydrogen-bond acceptors (Lipinski definition) is 23. The molecule has 0 atom stereocenters. The third-order valence-electron chi connectivity index (χ3n) is 18.0. The second kappa shape index (κ2) is 39.7. The zero-order chi connectivity index (χ0) is 87.2. The van der Waals surface area contributed by atoms with Crippen molar-refractivity contribution >= 4 is 212 Å². The molecule has 0 bridgehead atoms. The summed E-state index contributed by atoms with van der Waals surface area (Å²) in [7, 11) is -22.5. The van der Waals surface area contributed by atoms with Crippen LogP contribution >= 0.6 is 91.2 Å². The summed E-state index contributed by atoms with van der Waals surface area (Å²) >= 11 is 20.1. The molecule has 1 N–H and O–H groups in total. The number of thiophene rings is 6. The summed E-state index contributed by atoms with van der Waals surface area (Å²) in [5.41, 5.74) is 8.19. The van der Waals surface area contributed by atoms with E-state index in [9.17, 15) is 58.9 Å². The third-order valence-corrected chi connectivity index (χ3v) is 43.6. The molecule has 14 aromatic rings. The fourth-order valence-electron chi connectivity index (χ4n) is 10.5. The maximum Gasteiger partial charge on any atom is 0.226 e. The standard InChI is InChI=1S/C16H18O2S.C13H16O2S2.C12H14O2S3.C11H11ClO2S2.C11H14N2O2S.C11H13NO2S2.C10H10ClNO2S2.CH4/c1-16(2,3)19(17,18)15-11-7-10-14(12-15)13-8-5-4-6-9-13;1-8(2)17(14,15)13-10(4)11-7-9(3)5-6-12(11)16-13;1-8(2)17(13,14)12-7-6-11(16-12)10-5-4-9(3)15-10;1-7(2)16(13,14)11-6-8-9(12)4-3-5-10(8)15-11;1-7(2)16(14,15)11-12-9-5-4-8(3)6-10(9)13-11;1-7(2)16(13,14)11-6-9-10(15-11)5-4-8(3)12-9;1-6(2)16(13,14)8-5-7-3-4-12-10(11)9(7)15-8;/h4-12H,1-3H3;5-8H,1-4H3;4-8H,1-3H3;3-7H,1-2H3;4-7H,1-3H3,(H,12,13);4-7H,1-3H3;3-6H,1-2H3;1H4. The van der Waals surface area contributed by atoms with Gasteiger partial charge in [0.1, 0.15) is 26.2 Å². The lowest BCUT2D eigenvalue weighted by Gasteiger charge is -2.19. The van der Waals surface area contributed by atoms with Crippen LogP contribution in [0, 0.1) is 34.6 Å². The van der Waals surface area contributed by atoms with Gasteiger partial charge in [-0.1, -0.05) is 103 Å². The maximum atomic E-state index is 12.4. The van der Waals surface area contributed by atoms with Crippen LogP contribution in [0.3, 0.4) is 0 Å². The molecule has 0 aliphatic heterocycles. The van der Waals surface area contributed by atoms with Gasteiger partial charge in [0, 0.05) is 46.3 Å². The van der Waals surface area contributed by atoms with Crippen molar-refractivity contribution in [3.8, 4) is 20.9 Å². The van der Waals surface area contributed by atoms with Gasteiger partial charge in [0.05, 0.1) is 67.1 Å². The Balaban J connectivity index is 0.000000190. The SMILES string of the molecule is C.CC(C)(C)S(=O)(=O)c1cccc(-c2ccccc2)c1.CC(C)S(=O)(=O)c1cc2c(Cl)cccc2s1.CC(C)S(=O)(=O)c1cc2ccnc(Cl)c2s1.Cc1ccc(-c2ccc(S(=O)(=O)C(C)C)s2)s1.Cc1ccc2nc(S(=O)(=O)C(C)C)[nH]c2c1.Cc1ccc2sc(S(=O)(=O)C(C)C)c(C)c2c1.Cc1ccc2sc(S(=O)(=O)C(C)C)cc2n1. The highest BCUT2D eigenvalue weighted by atomic mass is 35.5. The molecule has 0 fully saturated rings. The predicted octanol–water partition coefficient (Wildman–Crippen LogP) is 23.9. The molecule has 14 rings (SSSR count). The van der Waals surface area contributed by atoms with Gasteiger partial charge in [-0.25, -0.2) is 68.9 Å². The van der Waals surface area contributed by atoms with Gasteiger partial charge >= 0.3 is 0 Å². The number of halogens is 2. The summed E-state index contributed by atoms with van der Waals surface area (Å²) in [4.78, 5) is 19.0. The van der Waals surface area contributed by atoms with Crippen LogP contribution in [0.4, 0.5) is 0 Å². The summed E-state index contributed by atoms with van der Waals surface area (Å²) in [6, 6.07) is 52.3. The normalized spacial score (nSPS) is 12.3. The van der Waals surface area contributed by atoms with E-state index in [-0.39, 0.29) is 28.3 Å². The van der Waals surface area contributed by atoms with E-state index in [4.69, 9.17) is 23.2 Å². The Labute approximate surface area is 730 Å². The van der Waals surface area contributed by atoms with Gasteiger partial charge in [0.15, 0.2) is 59.0 Å². The van der Waals surface area contributed by atoms with Crippen molar-refractivity contribution in [3.05, 3.63) is 213 Å². The van der Waals surface area contributed by atoms with Crippen molar-refractivity contribution in [2.75, 3.05) is 0 Å². The van der Waals surface area contributed by atoms with E-state index >= 15 is 0 Å². The zero-order valence-corrected chi connectivity index (χ0v) is 80.5. The van der Waals surface area contributed by atoms with Gasteiger partial charge < -0.3 is 4.98 Å². The first-order valence-electron chi connectivity index (χ1n) is 36.8. The van der Waals surface area contributed by atoms with Gasteiger partial charge in [0.25, 0.3) is 0 Å². The van der Waals surface area contributed by atoms with Crippen LogP contribution in [0.1, 0.15) is 139 Å². The summed E-state index contributed by atoms with van der Waals surface area (Å²) < 4.78 is 174. The van der Waals surface area contributed by atoms with Crippen LogP contribution in [0.15, 0.2) is 207 Å². The number of imidazole rings is 1. The van der Waals surface area contributed by atoms with Crippen LogP contribution in [0.2, 0.25) is 10.2 Å². The molecule has 5 aromatic carbocycles. The van der Waals surface area contributed by atoms with Gasteiger partial charge in [-0.3, -0.25) is 4.98 Å². The van der Waals surface area contributed by atoms with E-state index in [0.717, 1.165) is 89.3 Å². The van der Waals surface area contributed by atoms with E-state index in [0.29, 0.717) is 41.6 Å². The van der Waals surface area contributed by atoms with Gasteiger partial charge in [0.2, 0.25) is 15.0 Å². The summed E-state index contributed by atoms with van der Waals surface area (Å²) in [5.74, 6) is 0. The third kappa shape index (κ3) is 23.2. The number of pyridine rings is 2. The lowest BCUT2D eigenvalue weighted by molar-refractivity contribution is 0.560. The molecule has 0 saturated heterocycles.